The Hall–Kier alpha value is -3.34. The number of amides is 1. The van der Waals surface area contributed by atoms with Gasteiger partial charge in [0.05, 0.1) is 11.4 Å². The van der Waals surface area contributed by atoms with Crippen molar-refractivity contribution in [1.82, 2.24) is 9.78 Å². The first-order valence-corrected chi connectivity index (χ1v) is 7.20. The van der Waals surface area contributed by atoms with Gasteiger partial charge < -0.3 is 9.73 Å². The Morgan fingerprint density at radius 3 is 2.70 bits per heavy atom. The molecule has 1 amide bonds. The van der Waals surface area contributed by atoms with Crippen LogP contribution in [0.15, 0.2) is 77.5 Å². The largest absolute Gasteiger partial charge is 0.451 e. The van der Waals surface area contributed by atoms with Crippen LogP contribution in [0.3, 0.4) is 0 Å². The van der Waals surface area contributed by atoms with Gasteiger partial charge in [0.1, 0.15) is 5.58 Å². The van der Waals surface area contributed by atoms with Crippen LogP contribution in [0.25, 0.3) is 16.7 Å². The topological polar surface area (TPSA) is 60.1 Å². The average molecular weight is 303 g/mol. The first-order valence-electron chi connectivity index (χ1n) is 7.20. The van der Waals surface area contributed by atoms with Gasteiger partial charge in [-0.3, -0.25) is 4.79 Å². The Labute approximate surface area is 132 Å². The second-order valence-corrected chi connectivity index (χ2v) is 5.07. The van der Waals surface area contributed by atoms with E-state index in [0.29, 0.717) is 11.3 Å². The Morgan fingerprint density at radius 1 is 1.04 bits per heavy atom. The van der Waals surface area contributed by atoms with Crippen LogP contribution >= 0.6 is 0 Å². The van der Waals surface area contributed by atoms with E-state index in [9.17, 15) is 4.79 Å². The maximum atomic E-state index is 12.5. The highest BCUT2D eigenvalue weighted by molar-refractivity contribution is 6.05. The third-order valence-corrected chi connectivity index (χ3v) is 3.55. The lowest BCUT2D eigenvalue weighted by molar-refractivity contribution is 0.0998. The maximum Gasteiger partial charge on any atom is 0.291 e. The van der Waals surface area contributed by atoms with Gasteiger partial charge in [0.15, 0.2) is 5.76 Å². The van der Waals surface area contributed by atoms with E-state index in [4.69, 9.17) is 4.42 Å². The van der Waals surface area contributed by atoms with E-state index in [1.807, 2.05) is 60.8 Å². The SMILES string of the molecule is O=C(Nc1ccccc1-n1cccn1)c1cc2ccccc2o1. The van der Waals surface area contributed by atoms with E-state index < -0.39 is 0 Å². The summed E-state index contributed by atoms with van der Waals surface area (Å²) in [5.41, 5.74) is 2.15. The highest BCUT2D eigenvalue weighted by Gasteiger charge is 2.14. The lowest BCUT2D eigenvalue weighted by Crippen LogP contribution is -2.13. The van der Waals surface area contributed by atoms with Crippen LogP contribution in [0.2, 0.25) is 0 Å². The van der Waals surface area contributed by atoms with Gasteiger partial charge in [-0.15, -0.1) is 0 Å². The Kier molecular flexibility index (Phi) is 3.16. The lowest BCUT2D eigenvalue weighted by atomic mass is 10.2. The van der Waals surface area contributed by atoms with E-state index in [2.05, 4.69) is 10.4 Å². The number of anilines is 1. The van der Waals surface area contributed by atoms with Crippen LogP contribution in [0.1, 0.15) is 10.6 Å². The van der Waals surface area contributed by atoms with Gasteiger partial charge >= 0.3 is 0 Å². The number of carbonyl (C=O) groups is 1. The third kappa shape index (κ3) is 2.48. The molecule has 4 aromatic rings. The summed E-state index contributed by atoms with van der Waals surface area (Å²) in [5.74, 6) is -0.0118. The van der Waals surface area contributed by atoms with Crippen molar-refractivity contribution in [2.24, 2.45) is 0 Å². The summed E-state index contributed by atoms with van der Waals surface area (Å²) >= 11 is 0. The molecule has 0 bridgehead atoms. The van der Waals surface area contributed by atoms with E-state index in [0.717, 1.165) is 11.1 Å². The maximum absolute atomic E-state index is 12.5. The standard InChI is InChI=1S/C18H13N3O2/c22-18(17-12-13-6-1-4-9-16(13)23-17)20-14-7-2-3-8-15(14)21-11-5-10-19-21/h1-12H,(H,20,22). The molecule has 0 saturated carbocycles. The normalized spacial score (nSPS) is 10.8. The van der Waals surface area contributed by atoms with Crippen LogP contribution in [0.5, 0.6) is 0 Å². The van der Waals surface area contributed by atoms with Crippen LogP contribution in [-0.2, 0) is 0 Å². The van der Waals surface area contributed by atoms with Crippen molar-refractivity contribution in [3.63, 3.8) is 0 Å². The molecular formula is C18H13N3O2. The van der Waals surface area contributed by atoms with E-state index in [-0.39, 0.29) is 11.7 Å². The molecule has 5 nitrogen and oxygen atoms in total. The zero-order chi connectivity index (χ0) is 15.6. The molecule has 2 heterocycles. The predicted octanol–water partition coefficient (Wildman–Crippen LogP) is 3.87. The number of carbonyl (C=O) groups excluding carboxylic acids is 1. The monoisotopic (exact) mass is 303 g/mol. The minimum absolute atomic E-state index is 0.279. The Morgan fingerprint density at radius 2 is 1.87 bits per heavy atom. The third-order valence-electron chi connectivity index (χ3n) is 3.55. The highest BCUT2D eigenvalue weighted by Crippen LogP contribution is 2.22. The number of hydrogen-bond donors (Lipinski definition) is 1. The zero-order valence-corrected chi connectivity index (χ0v) is 12.1. The summed E-state index contributed by atoms with van der Waals surface area (Å²) in [6.07, 6.45) is 3.52. The number of hydrogen-bond acceptors (Lipinski definition) is 3. The fourth-order valence-electron chi connectivity index (χ4n) is 2.47. The van der Waals surface area contributed by atoms with Crippen molar-refractivity contribution in [3.05, 3.63) is 78.8 Å². The summed E-state index contributed by atoms with van der Waals surface area (Å²) in [7, 11) is 0. The fraction of sp³-hybridized carbons (Fsp3) is 0. The van der Waals surface area contributed by atoms with Gasteiger partial charge in [-0.2, -0.15) is 5.10 Å². The summed E-state index contributed by atoms with van der Waals surface area (Å²) in [6.45, 7) is 0. The fourth-order valence-corrected chi connectivity index (χ4v) is 2.47. The smallest absolute Gasteiger partial charge is 0.291 e. The predicted molar refractivity (Wildman–Crippen MR) is 87.7 cm³/mol. The molecule has 23 heavy (non-hydrogen) atoms. The van der Waals surface area contributed by atoms with Gasteiger partial charge in [-0.1, -0.05) is 30.3 Å². The van der Waals surface area contributed by atoms with E-state index in [1.54, 1.807) is 16.9 Å². The van der Waals surface area contributed by atoms with E-state index >= 15 is 0 Å². The van der Waals surface area contributed by atoms with Crippen molar-refractivity contribution in [1.29, 1.82) is 0 Å². The first kappa shape index (κ1) is 13.3. The molecule has 0 aliphatic carbocycles. The molecule has 0 radical (unpaired) electrons. The van der Waals surface area contributed by atoms with Crippen molar-refractivity contribution in [2.75, 3.05) is 5.32 Å². The molecule has 0 fully saturated rings. The molecule has 1 N–H and O–H groups in total. The van der Waals surface area contributed by atoms with Crippen molar-refractivity contribution in [3.8, 4) is 5.69 Å². The number of nitrogens with zero attached hydrogens (tertiary/aromatic N) is 2. The molecule has 5 heteroatoms. The van der Waals surface area contributed by atoms with Crippen LogP contribution in [0, 0.1) is 0 Å². The molecule has 0 spiro atoms. The molecular weight excluding hydrogens is 290 g/mol. The minimum atomic E-state index is -0.291. The van der Waals surface area contributed by atoms with Crippen LogP contribution in [0.4, 0.5) is 5.69 Å². The van der Waals surface area contributed by atoms with Gasteiger partial charge in [0, 0.05) is 17.8 Å². The number of rotatable bonds is 3. The number of aromatic nitrogens is 2. The molecule has 0 aliphatic rings. The number of fused-ring (bicyclic) bond motifs is 1. The summed E-state index contributed by atoms with van der Waals surface area (Å²) < 4.78 is 7.30. The lowest BCUT2D eigenvalue weighted by Gasteiger charge is -2.09. The molecule has 0 aliphatic heterocycles. The molecule has 0 unspecified atom stereocenters. The van der Waals surface area contributed by atoms with Crippen LogP contribution in [-0.4, -0.2) is 15.7 Å². The molecule has 2 aromatic heterocycles. The molecule has 0 saturated heterocycles. The number of benzene rings is 2. The number of para-hydroxylation sites is 3. The first-order chi connectivity index (χ1) is 11.3. The molecule has 112 valence electrons. The van der Waals surface area contributed by atoms with Crippen molar-refractivity contribution < 1.29 is 9.21 Å². The van der Waals surface area contributed by atoms with E-state index in [1.165, 1.54) is 0 Å². The van der Waals surface area contributed by atoms with Gasteiger partial charge in [-0.05, 0) is 30.3 Å². The summed E-state index contributed by atoms with van der Waals surface area (Å²) in [5, 5.41) is 7.99. The molecule has 0 atom stereocenters. The zero-order valence-electron chi connectivity index (χ0n) is 12.1. The van der Waals surface area contributed by atoms with Gasteiger partial charge in [0.25, 0.3) is 5.91 Å². The Bertz CT molecular complexity index is 938. The Balaban J connectivity index is 1.67. The van der Waals surface area contributed by atoms with Crippen molar-refractivity contribution in [2.45, 2.75) is 0 Å². The summed E-state index contributed by atoms with van der Waals surface area (Å²) in [4.78, 5) is 12.5. The summed E-state index contributed by atoms with van der Waals surface area (Å²) in [6, 6.07) is 18.6. The van der Waals surface area contributed by atoms with Gasteiger partial charge in [0.2, 0.25) is 0 Å². The number of nitrogens with one attached hydrogen (secondary N) is 1. The highest BCUT2D eigenvalue weighted by atomic mass is 16.3. The number of furan rings is 1. The minimum Gasteiger partial charge on any atom is -0.451 e. The molecule has 2 aromatic carbocycles. The van der Waals surface area contributed by atoms with Crippen LogP contribution < -0.4 is 5.32 Å². The van der Waals surface area contributed by atoms with Gasteiger partial charge in [-0.25, -0.2) is 4.68 Å². The molecule has 4 rings (SSSR count). The second kappa shape index (κ2) is 5.46. The van der Waals surface area contributed by atoms with Crippen molar-refractivity contribution >= 4 is 22.6 Å². The average Bonchev–Trinajstić information content (AvgIpc) is 3.25. The second-order valence-electron chi connectivity index (χ2n) is 5.07. The quantitative estimate of drug-likeness (QED) is 0.625.